The van der Waals surface area contributed by atoms with E-state index in [1.807, 2.05) is 13.8 Å². The second kappa shape index (κ2) is 8.78. The molecule has 0 bridgehead atoms. The maximum atomic E-state index is 12.0. The molecule has 5 nitrogen and oxygen atoms in total. The SMILES string of the molecule is CCC(CC)CNC(=O)N(CC(=O)O)C(C)CC. The number of amides is 2. The van der Waals surface area contributed by atoms with Crippen molar-refractivity contribution in [3.05, 3.63) is 0 Å². The molecule has 2 N–H and O–H groups in total. The van der Waals surface area contributed by atoms with E-state index in [0.717, 1.165) is 19.3 Å². The summed E-state index contributed by atoms with van der Waals surface area (Å²) >= 11 is 0. The maximum absolute atomic E-state index is 12.0. The van der Waals surface area contributed by atoms with E-state index >= 15 is 0 Å². The fourth-order valence-electron chi connectivity index (χ4n) is 1.70. The number of carbonyl (C=O) groups excluding carboxylic acids is 1. The summed E-state index contributed by atoms with van der Waals surface area (Å²) in [5.74, 6) is -0.523. The van der Waals surface area contributed by atoms with Crippen LogP contribution in [0.3, 0.4) is 0 Å². The minimum atomic E-state index is -0.979. The number of carbonyl (C=O) groups is 2. The van der Waals surface area contributed by atoms with E-state index in [4.69, 9.17) is 5.11 Å². The summed E-state index contributed by atoms with van der Waals surface area (Å²) in [6, 6.07) is -0.346. The fraction of sp³-hybridized carbons (Fsp3) is 0.846. The first-order valence-corrected chi connectivity index (χ1v) is 6.72. The minimum absolute atomic E-state index is 0.0668. The Hall–Kier alpha value is -1.26. The Balaban J connectivity index is 4.41. The van der Waals surface area contributed by atoms with Gasteiger partial charge in [0.05, 0.1) is 0 Å². The number of urea groups is 1. The van der Waals surface area contributed by atoms with Crippen LogP contribution < -0.4 is 5.32 Å². The van der Waals surface area contributed by atoms with Crippen molar-refractivity contribution in [1.29, 1.82) is 0 Å². The molecule has 0 aromatic carbocycles. The average Bonchev–Trinajstić information content (AvgIpc) is 2.35. The van der Waals surface area contributed by atoms with Crippen LogP contribution in [0.25, 0.3) is 0 Å². The predicted molar refractivity (Wildman–Crippen MR) is 71.6 cm³/mol. The second-order valence-corrected chi connectivity index (χ2v) is 4.65. The van der Waals surface area contributed by atoms with Crippen molar-refractivity contribution in [2.75, 3.05) is 13.1 Å². The van der Waals surface area contributed by atoms with Gasteiger partial charge < -0.3 is 15.3 Å². The van der Waals surface area contributed by atoms with Crippen molar-refractivity contribution in [2.24, 2.45) is 5.92 Å². The summed E-state index contributed by atoms with van der Waals surface area (Å²) in [6.07, 6.45) is 2.77. The Morgan fingerprint density at radius 2 is 1.72 bits per heavy atom. The number of nitrogens with zero attached hydrogens (tertiary/aromatic N) is 1. The van der Waals surface area contributed by atoms with Crippen LogP contribution >= 0.6 is 0 Å². The molecule has 0 aliphatic rings. The minimum Gasteiger partial charge on any atom is -0.480 e. The number of carboxylic acids is 1. The highest BCUT2D eigenvalue weighted by Crippen LogP contribution is 2.07. The quantitative estimate of drug-likeness (QED) is 0.702. The highest BCUT2D eigenvalue weighted by atomic mass is 16.4. The van der Waals surface area contributed by atoms with Crippen LogP contribution in [-0.2, 0) is 4.79 Å². The first-order chi connectivity index (χ1) is 8.46. The lowest BCUT2D eigenvalue weighted by atomic mass is 10.0. The third-order valence-corrected chi connectivity index (χ3v) is 3.39. The molecule has 0 heterocycles. The second-order valence-electron chi connectivity index (χ2n) is 4.65. The average molecular weight is 258 g/mol. The first kappa shape index (κ1) is 16.7. The number of hydrogen-bond donors (Lipinski definition) is 2. The largest absolute Gasteiger partial charge is 0.480 e. The number of rotatable bonds is 8. The van der Waals surface area contributed by atoms with Gasteiger partial charge in [0.25, 0.3) is 0 Å². The highest BCUT2D eigenvalue weighted by Gasteiger charge is 2.21. The molecule has 106 valence electrons. The van der Waals surface area contributed by atoms with Crippen LogP contribution in [0, 0.1) is 5.92 Å². The van der Waals surface area contributed by atoms with Crippen LogP contribution in [-0.4, -0.2) is 41.1 Å². The molecule has 18 heavy (non-hydrogen) atoms. The van der Waals surface area contributed by atoms with E-state index in [-0.39, 0.29) is 18.6 Å². The Morgan fingerprint density at radius 1 is 1.17 bits per heavy atom. The molecule has 0 saturated carbocycles. The molecule has 0 fully saturated rings. The normalized spacial score (nSPS) is 12.3. The van der Waals surface area contributed by atoms with Gasteiger partial charge in [-0.3, -0.25) is 4.79 Å². The summed E-state index contributed by atoms with van der Waals surface area (Å²) in [6.45, 7) is 8.34. The van der Waals surface area contributed by atoms with E-state index in [9.17, 15) is 9.59 Å². The van der Waals surface area contributed by atoms with Gasteiger partial charge in [0.2, 0.25) is 0 Å². The third-order valence-electron chi connectivity index (χ3n) is 3.39. The fourth-order valence-corrected chi connectivity index (χ4v) is 1.70. The van der Waals surface area contributed by atoms with Crippen LogP contribution in [0.5, 0.6) is 0 Å². The zero-order chi connectivity index (χ0) is 14.1. The number of carboxylic acid groups (broad SMARTS) is 1. The Morgan fingerprint density at radius 3 is 2.11 bits per heavy atom. The predicted octanol–water partition coefficient (Wildman–Crippen LogP) is 2.32. The lowest BCUT2D eigenvalue weighted by Crippen LogP contribution is -2.48. The molecule has 5 heteroatoms. The monoisotopic (exact) mass is 258 g/mol. The van der Waals surface area contributed by atoms with Crippen molar-refractivity contribution in [3.63, 3.8) is 0 Å². The zero-order valence-electron chi connectivity index (χ0n) is 11.9. The molecule has 0 aliphatic carbocycles. The van der Waals surface area contributed by atoms with Crippen LogP contribution in [0.1, 0.15) is 47.0 Å². The summed E-state index contributed by atoms with van der Waals surface area (Å²) < 4.78 is 0. The highest BCUT2D eigenvalue weighted by molar-refractivity contribution is 5.80. The molecule has 0 radical (unpaired) electrons. The molecular formula is C13H26N2O3. The van der Waals surface area contributed by atoms with Crippen LogP contribution in [0.15, 0.2) is 0 Å². The van der Waals surface area contributed by atoms with Gasteiger partial charge in [-0.2, -0.15) is 0 Å². The van der Waals surface area contributed by atoms with Crippen molar-refractivity contribution < 1.29 is 14.7 Å². The summed E-state index contributed by atoms with van der Waals surface area (Å²) in [7, 11) is 0. The molecule has 1 atom stereocenters. The molecule has 0 aromatic heterocycles. The zero-order valence-corrected chi connectivity index (χ0v) is 11.9. The number of hydrogen-bond acceptors (Lipinski definition) is 2. The van der Waals surface area contributed by atoms with Crippen molar-refractivity contribution in [2.45, 2.75) is 53.0 Å². The Bertz CT molecular complexity index is 265. The topological polar surface area (TPSA) is 69.6 Å². The lowest BCUT2D eigenvalue weighted by Gasteiger charge is -2.27. The van der Waals surface area contributed by atoms with E-state index in [0.29, 0.717) is 12.5 Å². The molecule has 2 amide bonds. The first-order valence-electron chi connectivity index (χ1n) is 6.72. The lowest BCUT2D eigenvalue weighted by molar-refractivity contribution is -0.138. The van der Waals surface area contributed by atoms with E-state index in [1.54, 1.807) is 0 Å². The summed E-state index contributed by atoms with van der Waals surface area (Å²) in [4.78, 5) is 24.1. The van der Waals surface area contributed by atoms with Crippen molar-refractivity contribution >= 4 is 12.0 Å². The number of nitrogens with one attached hydrogen (secondary N) is 1. The van der Waals surface area contributed by atoms with E-state index in [2.05, 4.69) is 19.2 Å². The van der Waals surface area contributed by atoms with Gasteiger partial charge in [-0.05, 0) is 19.3 Å². The van der Waals surface area contributed by atoms with Gasteiger partial charge in [-0.1, -0.05) is 33.6 Å². The van der Waals surface area contributed by atoms with Gasteiger partial charge in [0.1, 0.15) is 6.54 Å². The van der Waals surface area contributed by atoms with Crippen LogP contribution in [0.4, 0.5) is 4.79 Å². The van der Waals surface area contributed by atoms with Crippen molar-refractivity contribution in [1.82, 2.24) is 10.2 Å². The van der Waals surface area contributed by atoms with Gasteiger partial charge in [-0.25, -0.2) is 4.79 Å². The Labute approximate surface area is 110 Å². The van der Waals surface area contributed by atoms with E-state index < -0.39 is 5.97 Å². The summed E-state index contributed by atoms with van der Waals surface area (Å²) in [5.41, 5.74) is 0. The van der Waals surface area contributed by atoms with Gasteiger partial charge >= 0.3 is 12.0 Å². The summed E-state index contributed by atoms with van der Waals surface area (Å²) in [5, 5.41) is 11.7. The smallest absolute Gasteiger partial charge is 0.323 e. The molecule has 0 spiro atoms. The molecular weight excluding hydrogens is 232 g/mol. The molecule has 0 rings (SSSR count). The standard InChI is InChI=1S/C13H26N2O3/c1-5-10(4)15(9-12(16)17)13(18)14-8-11(6-2)7-3/h10-11H,5-9H2,1-4H3,(H,14,18)(H,16,17). The maximum Gasteiger partial charge on any atom is 0.323 e. The van der Waals surface area contributed by atoms with Crippen LogP contribution in [0.2, 0.25) is 0 Å². The van der Waals surface area contributed by atoms with Crippen molar-refractivity contribution in [3.8, 4) is 0 Å². The molecule has 0 aromatic rings. The molecule has 1 unspecified atom stereocenters. The van der Waals surface area contributed by atoms with Gasteiger partial charge in [0.15, 0.2) is 0 Å². The Kier molecular flexibility index (Phi) is 8.16. The van der Waals surface area contributed by atoms with E-state index in [1.165, 1.54) is 4.90 Å². The van der Waals surface area contributed by atoms with Gasteiger partial charge in [-0.15, -0.1) is 0 Å². The number of aliphatic carboxylic acids is 1. The van der Waals surface area contributed by atoms with Gasteiger partial charge in [0, 0.05) is 12.6 Å². The molecule has 0 saturated heterocycles. The third kappa shape index (κ3) is 5.89. The molecule has 0 aliphatic heterocycles.